The fourth-order valence-electron chi connectivity index (χ4n) is 0.758. The van der Waals surface area contributed by atoms with E-state index in [4.69, 9.17) is 22.0 Å². The van der Waals surface area contributed by atoms with Gasteiger partial charge in [0.15, 0.2) is 0 Å². The maximum atomic E-state index is 10.5. The second-order valence-electron chi connectivity index (χ2n) is 2.11. The van der Waals surface area contributed by atoms with Crippen LogP contribution in [0.25, 0.3) is 0 Å². The third-order valence-electron chi connectivity index (χ3n) is 1.33. The Morgan fingerprint density at radius 1 is 1.47 bits per heavy atom. The zero-order chi connectivity index (χ0) is 9.14. The molecule has 1 aromatic rings. The molecule has 0 amide bonds. The zero-order valence-electron chi connectivity index (χ0n) is 7.86. The van der Waals surface area contributed by atoms with Crippen molar-refractivity contribution in [2.75, 3.05) is 0 Å². The molecule has 0 aliphatic heterocycles. The first-order chi connectivity index (χ1) is 5.65. The molecular weight excluding hydrogens is 216 g/mol. The molecule has 0 aliphatic carbocycles. The van der Waals surface area contributed by atoms with Crippen molar-refractivity contribution in [3.8, 4) is 6.07 Å². The van der Waals surface area contributed by atoms with Gasteiger partial charge in [-0.05, 0) is 18.2 Å². The summed E-state index contributed by atoms with van der Waals surface area (Å²) in [6.45, 7) is 0. The number of carboxylic acids is 1. The van der Waals surface area contributed by atoms with Crippen molar-refractivity contribution in [3.05, 3.63) is 34.3 Å². The van der Waals surface area contributed by atoms with Crippen LogP contribution in [0.15, 0.2) is 18.2 Å². The van der Waals surface area contributed by atoms with Crippen LogP contribution in [0.5, 0.6) is 0 Å². The van der Waals surface area contributed by atoms with E-state index in [2.05, 4.69) is 0 Å². The van der Waals surface area contributed by atoms with E-state index in [0.29, 0.717) is 5.56 Å². The number of carboxylic acid groups (broad SMARTS) is 1. The smallest absolute Gasteiger partial charge is 0.870 e. The normalized spacial score (nSPS) is 7.20. The molecule has 76 valence electrons. The molecule has 0 heterocycles. The van der Waals surface area contributed by atoms with Crippen LogP contribution in [0.1, 0.15) is 15.9 Å². The Labute approximate surface area is 103 Å². The molecule has 15 heavy (non-hydrogen) atoms. The molecule has 5 nitrogen and oxygen atoms in total. The summed E-state index contributed by atoms with van der Waals surface area (Å²) in [6, 6.07) is 5.90. The Kier molecular flexibility index (Phi) is 10.8. The Hall–Kier alpha value is -1.01. The molecule has 0 radical (unpaired) electrons. The average molecular weight is 224 g/mol. The molecule has 0 spiro atoms. The number of carbonyl (C=O) groups is 1. The molecular formula is C8H7ClLiNO4. The average Bonchev–Trinajstić information content (AvgIpc) is 2.03. The summed E-state index contributed by atoms with van der Waals surface area (Å²) in [7, 11) is 0. The molecule has 0 aromatic heterocycles. The molecule has 0 saturated heterocycles. The first kappa shape index (κ1) is 19.5. The summed E-state index contributed by atoms with van der Waals surface area (Å²) in [6.07, 6.45) is 0. The summed E-state index contributed by atoms with van der Waals surface area (Å²) < 4.78 is 0. The molecule has 7 heteroatoms. The van der Waals surface area contributed by atoms with Gasteiger partial charge in [0.1, 0.15) is 0 Å². The third-order valence-corrected chi connectivity index (χ3v) is 1.64. The van der Waals surface area contributed by atoms with Gasteiger partial charge in [-0.2, -0.15) is 5.26 Å². The summed E-state index contributed by atoms with van der Waals surface area (Å²) >= 11 is 5.57. The number of nitriles is 1. The first-order valence-electron chi connectivity index (χ1n) is 3.08. The summed E-state index contributed by atoms with van der Waals surface area (Å²) in [5.41, 5.74) is 0.362. The topological polar surface area (TPSA) is 123 Å². The molecule has 0 fully saturated rings. The number of benzene rings is 1. The molecule has 4 N–H and O–H groups in total. The Morgan fingerprint density at radius 3 is 2.33 bits per heavy atom. The number of hydrogen-bond acceptors (Lipinski definition) is 3. The van der Waals surface area contributed by atoms with E-state index in [0.717, 1.165) is 0 Å². The summed E-state index contributed by atoms with van der Waals surface area (Å²) in [4.78, 5) is 10.5. The van der Waals surface area contributed by atoms with E-state index in [9.17, 15) is 4.79 Å². The number of hydrogen-bond donors (Lipinski definition) is 1. The van der Waals surface area contributed by atoms with Gasteiger partial charge in [-0.1, -0.05) is 11.6 Å². The quantitative estimate of drug-likeness (QED) is 0.549. The van der Waals surface area contributed by atoms with Gasteiger partial charge in [0.2, 0.25) is 0 Å². The van der Waals surface area contributed by atoms with Gasteiger partial charge in [0.05, 0.1) is 22.2 Å². The van der Waals surface area contributed by atoms with Crippen molar-refractivity contribution in [2.24, 2.45) is 0 Å². The van der Waals surface area contributed by atoms with E-state index in [-0.39, 0.29) is 40.4 Å². The number of nitrogens with zero attached hydrogens (tertiary/aromatic N) is 1. The van der Waals surface area contributed by atoms with Crippen LogP contribution >= 0.6 is 11.6 Å². The van der Waals surface area contributed by atoms with Gasteiger partial charge < -0.3 is 16.1 Å². The van der Waals surface area contributed by atoms with E-state index in [1.54, 1.807) is 0 Å². The van der Waals surface area contributed by atoms with Crippen LogP contribution in [0.3, 0.4) is 0 Å². The van der Waals surface area contributed by atoms with Crippen LogP contribution in [0.4, 0.5) is 0 Å². The maximum Gasteiger partial charge on any atom is 1.00 e. The molecule has 0 bridgehead atoms. The van der Waals surface area contributed by atoms with Crippen LogP contribution in [-0.4, -0.2) is 22.0 Å². The zero-order valence-corrected chi connectivity index (χ0v) is 8.62. The molecule has 0 aliphatic rings. The predicted molar refractivity (Wildman–Crippen MR) is 48.7 cm³/mol. The van der Waals surface area contributed by atoms with Gasteiger partial charge >= 0.3 is 24.8 Å². The second kappa shape index (κ2) is 8.31. The van der Waals surface area contributed by atoms with Crippen molar-refractivity contribution < 1.29 is 39.7 Å². The van der Waals surface area contributed by atoms with Crippen LogP contribution < -0.4 is 18.9 Å². The standard InChI is InChI=1S/C8H4ClNO2.Li.2H2O/c9-7-3-5(4-10)1-2-6(7)8(11)12;;;/h1-3H,(H,11,12);;2*1H2/q;+1;;/p-1. The predicted octanol–water partition coefficient (Wildman–Crippen LogP) is -2.09. The van der Waals surface area contributed by atoms with Crippen molar-refractivity contribution >= 4 is 17.6 Å². The van der Waals surface area contributed by atoms with Gasteiger partial charge in [0, 0.05) is 0 Å². The summed E-state index contributed by atoms with van der Waals surface area (Å²) in [5, 5.41) is 17.1. The van der Waals surface area contributed by atoms with Crippen LogP contribution in [0, 0.1) is 11.3 Å². The van der Waals surface area contributed by atoms with E-state index in [1.807, 2.05) is 6.07 Å². The van der Waals surface area contributed by atoms with Gasteiger partial charge in [0.25, 0.3) is 0 Å². The minimum absolute atomic E-state index is 0. The molecule has 1 aromatic carbocycles. The van der Waals surface area contributed by atoms with E-state index >= 15 is 0 Å². The molecule has 0 saturated carbocycles. The fraction of sp³-hybridized carbons (Fsp3) is 0. The molecule has 0 atom stereocenters. The monoisotopic (exact) mass is 223 g/mol. The SMILES string of the molecule is N#Cc1ccc(C(=O)O)c(Cl)c1.O.[Li+].[OH-]. The Morgan fingerprint density at radius 2 is 2.00 bits per heavy atom. The van der Waals surface area contributed by atoms with Crippen molar-refractivity contribution in [1.82, 2.24) is 0 Å². The first-order valence-corrected chi connectivity index (χ1v) is 3.46. The Balaban J connectivity index is -0.000000480. The molecule has 1 rings (SSSR count). The van der Waals surface area contributed by atoms with Crippen LogP contribution in [0.2, 0.25) is 5.02 Å². The second-order valence-corrected chi connectivity index (χ2v) is 2.52. The van der Waals surface area contributed by atoms with E-state index in [1.165, 1.54) is 18.2 Å². The van der Waals surface area contributed by atoms with Crippen LogP contribution in [-0.2, 0) is 0 Å². The number of halogens is 1. The van der Waals surface area contributed by atoms with Gasteiger partial charge in [-0.25, -0.2) is 4.79 Å². The number of aromatic carboxylic acids is 1. The van der Waals surface area contributed by atoms with Gasteiger partial charge in [-0.3, -0.25) is 0 Å². The van der Waals surface area contributed by atoms with Crippen molar-refractivity contribution in [2.45, 2.75) is 0 Å². The van der Waals surface area contributed by atoms with Crippen molar-refractivity contribution in [3.63, 3.8) is 0 Å². The minimum atomic E-state index is -1.09. The van der Waals surface area contributed by atoms with E-state index < -0.39 is 5.97 Å². The number of rotatable bonds is 1. The van der Waals surface area contributed by atoms with Gasteiger partial charge in [-0.15, -0.1) is 0 Å². The fourth-order valence-corrected chi connectivity index (χ4v) is 1.02. The third kappa shape index (κ3) is 4.85. The summed E-state index contributed by atoms with van der Waals surface area (Å²) in [5.74, 6) is -1.09. The maximum absolute atomic E-state index is 10.5. The molecule has 0 unspecified atom stereocenters. The Bertz CT molecular complexity index is 377. The van der Waals surface area contributed by atoms with Crippen molar-refractivity contribution in [1.29, 1.82) is 5.26 Å². The minimum Gasteiger partial charge on any atom is -0.870 e. The largest absolute Gasteiger partial charge is 1.00 e.